The molecular weight excluding hydrogens is 468 g/mol. The highest BCUT2D eigenvalue weighted by Gasteiger charge is 2.12. The number of nitrogens with one attached hydrogen (secondary N) is 1. The van der Waals surface area contributed by atoms with Crippen molar-refractivity contribution in [1.82, 2.24) is 9.88 Å². The van der Waals surface area contributed by atoms with Gasteiger partial charge in [0.1, 0.15) is 12.4 Å². The number of ether oxygens (including phenoxy) is 2. The van der Waals surface area contributed by atoms with E-state index in [0.717, 1.165) is 70.0 Å². The van der Waals surface area contributed by atoms with Gasteiger partial charge in [-0.25, -0.2) is 0 Å². The predicted molar refractivity (Wildman–Crippen MR) is 153 cm³/mol. The van der Waals surface area contributed by atoms with E-state index in [2.05, 4.69) is 28.6 Å². The van der Waals surface area contributed by atoms with E-state index in [9.17, 15) is 4.79 Å². The fourth-order valence-electron chi connectivity index (χ4n) is 3.82. The summed E-state index contributed by atoms with van der Waals surface area (Å²) in [5.41, 5.74) is 14.2. The van der Waals surface area contributed by atoms with Gasteiger partial charge >= 0.3 is 0 Å². The lowest BCUT2D eigenvalue weighted by Crippen LogP contribution is -2.38. The highest BCUT2D eigenvalue weighted by atomic mass is 16.5. The Morgan fingerprint density at radius 3 is 2.35 bits per heavy atom. The van der Waals surface area contributed by atoms with E-state index in [0.29, 0.717) is 29.4 Å². The van der Waals surface area contributed by atoms with Crippen molar-refractivity contribution in [1.29, 1.82) is 5.41 Å². The van der Waals surface area contributed by atoms with Crippen LogP contribution in [0, 0.1) is 12.3 Å². The lowest BCUT2D eigenvalue weighted by atomic mass is 10.1. The zero-order valence-corrected chi connectivity index (χ0v) is 23.3. The Bertz CT molecular complexity index is 942. The van der Waals surface area contributed by atoms with Gasteiger partial charge in [0.15, 0.2) is 0 Å². The standard InChI is InChI=1S/C17H30N4O2.C9H10N2O.C2H6/c1-3-5-21(6-4-2)15-13-16(18)19-17(14-15)23-12-9-20-7-10-22-11-8-20;1-6-2-7(5-10)4-8(3-6)9(11)12;1-2/h13-14H,3-12H2,1-2H3,(H2,18,19);2-5,10H,1H3,(H2,11,12);1-2H3. The number of anilines is 2. The van der Waals surface area contributed by atoms with Gasteiger partial charge in [0.25, 0.3) is 0 Å². The van der Waals surface area contributed by atoms with Crippen LogP contribution >= 0.6 is 0 Å². The van der Waals surface area contributed by atoms with Gasteiger partial charge in [0, 0.05) is 62.3 Å². The van der Waals surface area contributed by atoms with Crippen LogP contribution in [0.3, 0.4) is 0 Å². The number of pyridine rings is 1. The molecule has 0 unspecified atom stereocenters. The fraction of sp³-hybridized carbons (Fsp3) is 0.536. The van der Waals surface area contributed by atoms with Crippen LogP contribution in [0.15, 0.2) is 30.3 Å². The average molecular weight is 515 g/mol. The number of aryl methyl sites for hydroxylation is 1. The summed E-state index contributed by atoms with van der Waals surface area (Å²) in [5, 5.41) is 7.00. The third kappa shape index (κ3) is 12.1. The maximum absolute atomic E-state index is 10.8. The summed E-state index contributed by atoms with van der Waals surface area (Å²) in [6.45, 7) is 17.3. The molecule has 1 aliphatic rings. The summed E-state index contributed by atoms with van der Waals surface area (Å²) in [4.78, 5) is 19.8. The molecule has 1 aliphatic heterocycles. The molecule has 9 heteroatoms. The van der Waals surface area contributed by atoms with Crippen LogP contribution in [-0.4, -0.2) is 74.6 Å². The number of benzene rings is 1. The third-order valence-electron chi connectivity index (χ3n) is 5.47. The number of hydrogen-bond donors (Lipinski definition) is 3. The van der Waals surface area contributed by atoms with E-state index in [1.54, 1.807) is 12.1 Å². The second-order valence-electron chi connectivity index (χ2n) is 8.52. The number of carbonyl (C=O) groups excluding carboxylic acids is 1. The molecule has 0 radical (unpaired) electrons. The van der Waals surface area contributed by atoms with Crippen molar-refractivity contribution in [2.45, 2.75) is 47.5 Å². The minimum atomic E-state index is -0.457. The number of nitrogen functional groups attached to an aromatic ring is 1. The Morgan fingerprint density at radius 1 is 1.14 bits per heavy atom. The van der Waals surface area contributed by atoms with Crippen LogP contribution < -0.4 is 21.1 Å². The zero-order valence-electron chi connectivity index (χ0n) is 23.3. The van der Waals surface area contributed by atoms with E-state index in [4.69, 9.17) is 26.4 Å². The quantitative estimate of drug-likeness (QED) is 0.384. The molecule has 3 rings (SSSR count). The van der Waals surface area contributed by atoms with Crippen LogP contribution in [0.1, 0.15) is 62.0 Å². The molecule has 0 bridgehead atoms. The Morgan fingerprint density at radius 2 is 1.78 bits per heavy atom. The van der Waals surface area contributed by atoms with E-state index < -0.39 is 5.91 Å². The first-order valence-corrected chi connectivity index (χ1v) is 13.2. The molecule has 0 aliphatic carbocycles. The molecule has 0 spiro atoms. The van der Waals surface area contributed by atoms with E-state index in [-0.39, 0.29) is 0 Å². The number of hydrogen-bond acceptors (Lipinski definition) is 8. The predicted octanol–water partition coefficient (Wildman–Crippen LogP) is 4.12. The molecule has 0 atom stereocenters. The number of primary amides is 1. The first-order chi connectivity index (χ1) is 17.9. The molecule has 5 N–H and O–H groups in total. The monoisotopic (exact) mass is 514 g/mol. The molecule has 1 aromatic carbocycles. The number of amides is 1. The second-order valence-corrected chi connectivity index (χ2v) is 8.52. The molecule has 1 saturated heterocycles. The maximum atomic E-state index is 10.8. The minimum absolute atomic E-state index is 0.452. The molecule has 37 heavy (non-hydrogen) atoms. The summed E-state index contributed by atoms with van der Waals surface area (Å²) < 4.78 is 11.2. The van der Waals surface area contributed by atoms with Gasteiger partial charge in [-0.2, -0.15) is 4.98 Å². The molecule has 2 heterocycles. The Kier molecular flexibility index (Phi) is 15.6. The van der Waals surface area contributed by atoms with Gasteiger partial charge in [-0.15, -0.1) is 0 Å². The van der Waals surface area contributed by atoms with Gasteiger partial charge in [-0.05, 0) is 43.0 Å². The SMILES string of the molecule is CC.CCCN(CCC)c1cc(N)nc(OCCN2CCOCC2)c1.Cc1cc(C=N)cc(C(N)=O)c1. The van der Waals surface area contributed by atoms with Crippen molar-refractivity contribution in [3.63, 3.8) is 0 Å². The number of aromatic nitrogens is 1. The molecule has 1 fully saturated rings. The van der Waals surface area contributed by atoms with Crippen molar-refractivity contribution in [2.24, 2.45) is 5.73 Å². The summed E-state index contributed by atoms with van der Waals surface area (Å²) in [5.74, 6) is 0.674. The van der Waals surface area contributed by atoms with E-state index in [1.807, 2.05) is 39.0 Å². The van der Waals surface area contributed by atoms with Crippen LogP contribution in [0.25, 0.3) is 0 Å². The van der Waals surface area contributed by atoms with Gasteiger partial charge in [-0.1, -0.05) is 33.8 Å². The first-order valence-electron chi connectivity index (χ1n) is 13.2. The van der Waals surface area contributed by atoms with Crippen molar-refractivity contribution in [3.05, 3.63) is 47.0 Å². The van der Waals surface area contributed by atoms with Gasteiger partial charge in [0.2, 0.25) is 11.8 Å². The van der Waals surface area contributed by atoms with Crippen molar-refractivity contribution in [3.8, 4) is 5.88 Å². The summed E-state index contributed by atoms with van der Waals surface area (Å²) in [6.07, 6.45) is 3.41. The van der Waals surface area contributed by atoms with Crippen molar-refractivity contribution >= 4 is 23.6 Å². The average Bonchev–Trinajstić information content (AvgIpc) is 2.90. The van der Waals surface area contributed by atoms with Crippen LogP contribution in [0.2, 0.25) is 0 Å². The molecule has 0 saturated carbocycles. The van der Waals surface area contributed by atoms with Crippen molar-refractivity contribution < 1.29 is 14.3 Å². The van der Waals surface area contributed by atoms with E-state index in [1.165, 1.54) is 6.21 Å². The Balaban J connectivity index is 0.000000411. The number of rotatable bonds is 11. The third-order valence-corrected chi connectivity index (χ3v) is 5.47. The first kappa shape index (κ1) is 31.9. The van der Waals surface area contributed by atoms with Crippen LogP contribution in [-0.2, 0) is 4.74 Å². The molecule has 206 valence electrons. The van der Waals surface area contributed by atoms with Gasteiger partial charge < -0.3 is 31.3 Å². The summed E-state index contributed by atoms with van der Waals surface area (Å²) in [7, 11) is 0. The van der Waals surface area contributed by atoms with Gasteiger partial charge in [-0.3, -0.25) is 9.69 Å². The topological polar surface area (TPSA) is 131 Å². The normalized spacial score (nSPS) is 12.9. The summed E-state index contributed by atoms with van der Waals surface area (Å²) >= 11 is 0. The number of nitrogens with zero attached hydrogens (tertiary/aromatic N) is 3. The Labute approximate surface area is 222 Å². The van der Waals surface area contributed by atoms with Crippen molar-refractivity contribution in [2.75, 3.05) is 63.2 Å². The lowest BCUT2D eigenvalue weighted by molar-refractivity contribution is 0.0320. The molecule has 1 amide bonds. The molecule has 1 aromatic heterocycles. The Hall–Kier alpha value is -3.17. The highest BCUT2D eigenvalue weighted by Crippen LogP contribution is 2.23. The molecular formula is C28H46N6O3. The maximum Gasteiger partial charge on any atom is 0.248 e. The number of morpholine rings is 1. The van der Waals surface area contributed by atoms with E-state index >= 15 is 0 Å². The molecule has 2 aromatic rings. The van der Waals surface area contributed by atoms with Crippen LogP contribution in [0.5, 0.6) is 5.88 Å². The highest BCUT2D eigenvalue weighted by molar-refractivity contribution is 5.95. The fourth-order valence-corrected chi connectivity index (χ4v) is 3.82. The number of nitrogens with two attached hydrogens (primary N) is 2. The smallest absolute Gasteiger partial charge is 0.248 e. The minimum Gasteiger partial charge on any atom is -0.476 e. The molecule has 9 nitrogen and oxygen atoms in total. The number of carbonyl (C=O) groups is 1. The van der Waals surface area contributed by atoms with Crippen LogP contribution in [0.4, 0.5) is 11.5 Å². The summed E-state index contributed by atoms with van der Waals surface area (Å²) in [6, 6.07) is 9.05. The zero-order chi connectivity index (χ0) is 27.6. The lowest BCUT2D eigenvalue weighted by Gasteiger charge is -2.26. The van der Waals surface area contributed by atoms with Gasteiger partial charge in [0.05, 0.1) is 13.2 Å². The second kappa shape index (κ2) is 18.1. The largest absolute Gasteiger partial charge is 0.476 e.